The summed E-state index contributed by atoms with van der Waals surface area (Å²) in [5.41, 5.74) is 0.677. The zero-order chi connectivity index (χ0) is 24.8. The number of hydrogen-bond donors (Lipinski definition) is 2. The number of aromatic nitrogens is 2. The fraction of sp³-hybridized carbons (Fsp3) is 0.500. The lowest BCUT2D eigenvalue weighted by Gasteiger charge is -2.32. The Morgan fingerprint density at radius 1 is 1.37 bits per heavy atom. The van der Waals surface area contributed by atoms with Crippen LogP contribution >= 0.6 is 11.6 Å². The number of benzene rings is 1. The van der Waals surface area contributed by atoms with Crippen molar-refractivity contribution in [2.75, 3.05) is 31.7 Å². The highest BCUT2D eigenvalue weighted by molar-refractivity contribution is 6.33. The smallest absolute Gasteiger partial charge is 0.407 e. The highest BCUT2D eigenvalue weighted by atomic mass is 35.5. The van der Waals surface area contributed by atoms with Crippen LogP contribution in [-0.4, -0.2) is 54.1 Å². The molecule has 0 bridgehead atoms. The van der Waals surface area contributed by atoms with Gasteiger partial charge in [0, 0.05) is 18.9 Å². The number of carbonyl (C=O) groups is 1. The first-order valence-corrected chi connectivity index (χ1v) is 11.9. The van der Waals surface area contributed by atoms with Crippen LogP contribution in [0.5, 0.6) is 11.6 Å². The molecule has 1 aromatic heterocycles. The molecule has 2 N–H and O–H groups in total. The topological polar surface area (TPSA) is 128 Å². The summed E-state index contributed by atoms with van der Waals surface area (Å²) < 4.78 is 23.2. The van der Waals surface area contributed by atoms with Crippen molar-refractivity contribution in [3.63, 3.8) is 0 Å². The van der Waals surface area contributed by atoms with Gasteiger partial charge in [0.25, 0.3) is 5.88 Å². The molecule has 35 heavy (non-hydrogen) atoms. The third-order valence-corrected chi connectivity index (χ3v) is 6.19. The molecule has 0 spiro atoms. The molecule has 1 aliphatic carbocycles. The second-order valence-electron chi connectivity index (χ2n) is 8.72. The highest BCUT2D eigenvalue weighted by Crippen LogP contribution is 2.39. The summed E-state index contributed by atoms with van der Waals surface area (Å²) in [4.78, 5) is 20.7. The predicted octanol–water partition coefficient (Wildman–Crippen LogP) is 4.21. The molecule has 2 heterocycles. The molecular weight excluding hydrogens is 474 g/mol. The second kappa shape index (κ2) is 11.0. The van der Waals surface area contributed by atoms with Gasteiger partial charge in [-0.2, -0.15) is 10.2 Å². The Morgan fingerprint density at radius 2 is 2.20 bits per heavy atom. The van der Waals surface area contributed by atoms with Gasteiger partial charge in [-0.1, -0.05) is 11.6 Å². The van der Waals surface area contributed by atoms with Crippen LogP contribution < -0.4 is 20.1 Å². The quantitative estimate of drug-likeness (QED) is 0.519. The lowest BCUT2D eigenvalue weighted by atomic mass is 9.98. The third-order valence-electron chi connectivity index (χ3n) is 5.88. The van der Waals surface area contributed by atoms with E-state index in [1.165, 1.54) is 6.33 Å². The van der Waals surface area contributed by atoms with E-state index in [4.69, 9.17) is 35.8 Å². The number of amides is 1. The van der Waals surface area contributed by atoms with E-state index in [1.54, 1.807) is 18.2 Å². The molecule has 2 unspecified atom stereocenters. The van der Waals surface area contributed by atoms with E-state index in [0.717, 1.165) is 12.8 Å². The zero-order valence-electron chi connectivity index (χ0n) is 19.7. The van der Waals surface area contributed by atoms with Crippen LogP contribution in [0.15, 0.2) is 24.5 Å². The van der Waals surface area contributed by atoms with Gasteiger partial charge in [-0.05, 0) is 44.9 Å². The van der Waals surface area contributed by atoms with Crippen molar-refractivity contribution < 1.29 is 23.7 Å². The average Bonchev–Trinajstić information content (AvgIpc) is 3.57. The number of rotatable bonds is 9. The Labute approximate surface area is 208 Å². The van der Waals surface area contributed by atoms with Crippen molar-refractivity contribution in [2.24, 2.45) is 5.92 Å². The maximum absolute atomic E-state index is 12.1. The molecule has 0 radical (unpaired) electrons. The maximum atomic E-state index is 12.1. The Hall–Kier alpha value is -3.29. The van der Waals surface area contributed by atoms with Crippen LogP contribution in [0, 0.1) is 17.2 Å². The molecule has 2 aromatic rings. The number of nitrogens with one attached hydrogen (secondary N) is 2. The summed E-state index contributed by atoms with van der Waals surface area (Å²) in [6, 6.07) is 6.97. The molecule has 1 saturated heterocycles. The Morgan fingerprint density at radius 3 is 2.91 bits per heavy atom. The summed E-state index contributed by atoms with van der Waals surface area (Å²) in [7, 11) is 0. The molecular formula is C24H28ClN5O5. The lowest BCUT2D eigenvalue weighted by Crippen LogP contribution is -2.44. The summed E-state index contributed by atoms with van der Waals surface area (Å²) >= 11 is 6.32. The molecule has 1 aromatic carbocycles. The summed E-state index contributed by atoms with van der Waals surface area (Å²) in [5.74, 6) is 0.900. The van der Waals surface area contributed by atoms with Gasteiger partial charge in [-0.3, -0.25) is 0 Å². The standard InChI is InChI=1S/C24H28ClN5O5/c1-3-33-20-21(30-18-5-4-15(11-26)10-17(18)25)28-14-29-22(20)34-19-6-9-32-13-16(19)12-27-23(31)35-24(2)7-8-24/h4-5,10,14,16,19H,3,6-9,12-13H2,1-2H3,(H,27,31)(H,28,29,30). The van der Waals surface area contributed by atoms with Crippen LogP contribution in [-0.2, 0) is 9.47 Å². The van der Waals surface area contributed by atoms with Crippen LogP contribution in [0.4, 0.5) is 16.3 Å². The van der Waals surface area contributed by atoms with Crippen LogP contribution in [0.2, 0.25) is 5.02 Å². The van der Waals surface area contributed by atoms with Gasteiger partial charge in [0.05, 0.1) is 42.2 Å². The number of nitriles is 1. The fourth-order valence-electron chi connectivity index (χ4n) is 3.64. The predicted molar refractivity (Wildman–Crippen MR) is 128 cm³/mol. The summed E-state index contributed by atoms with van der Waals surface area (Å²) in [6.07, 6.45) is 3.07. The Balaban J connectivity index is 1.47. The molecule has 11 heteroatoms. The van der Waals surface area contributed by atoms with Crippen molar-refractivity contribution in [3.8, 4) is 17.7 Å². The minimum absolute atomic E-state index is 0.0999. The third kappa shape index (κ3) is 6.44. The fourth-order valence-corrected chi connectivity index (χ4v) is 3.86. The molecule has 1 aliphatic heterocycles. The number of carbonyl (C=O) groups excluding carboxylic acids is 1. The minimum atomic E-state index is -0.433. The Kier molecular flexibility index (Phi) is 7.78. The zero-order valence-corrected chi connectivity index (χ0v) is 20.4. The van der Waals surface area contributed by atoms with Crippen LogP contribution in [0.1, 0.15) is 38.7 Å². The van der Waals surface area contributed by atoms with Crippen molar-refractivity contribution in [2.45, 2.75) is 44.8 Å². The number of hydrogen-bond acceptors (Lipinski definition) is 9. The van der Waals surface area contributed by atoms with E-state index >= 15 is 0 Å². The molecule has 2 fully saturated rings. The van der Waals surface area contributed by atoms with Crippen molar-refractivity contribution in [1.82, 2.24) is 15.3 Å². The molecule has 1 amide bonds. The van der Waals surface area contributed by atoms with Gasteiger partial charge in [-0.25, -0.2) is 9.78 Å². The van der Waals surface area contributed by atoms with E-state index in [1.807, 2.05) is 13.8 Å². The molecule has 4 rings (SSSR count). The van der Waals surface area contributed by atoms with E-state index in [0.29, 0.717) is 60.6 Å². The number of alkyl carbamates (subject to hydrolysis) is 1. The van der Waals surface area contributed by atoms with Gasteiger partial charge in [0.2, 0.25) is 5.75 Å². The average molecular weight is 502 g/mol. The first kappa shape index (κ1) is 24.8. The number of ether oxygens (including phenoxy) is 4. The van der Waals surface area contributed by atoms with Crippen molar-refractivity contribution in [1.29, 1.82) is 5.26 Å². The number of halogens is 1. The van der Waals surface area contributed by atoms with Gasteiger partial charge in [0.15, 0.2) is 5.82 Å². The second-order valence-corrected chi connectivity index (χ2v) is 9.13. The van der Waals surface area contributed by atoms with Gasteiger partial charge < -0.3 is 29.6 Å². The number of anilines is 2. The molecule has 186 valence electrons. The van der Waals surface area contributed by atoms with E-state index in [2.05, 4.69) is 26.7 Å². The maximum Gasteiger partial charge on any atom is 0.407 e. The highest BCUT2D eigenvalue weighted by Gasteiger charge is 2.42. The van der Waals surface area contributed by atoms with Crippen molar-refractivity contribution in [3.05, 3.63) is 35.1 Å². The SMILES string of the molecule is CCOc1c(Nc2ccc(C#N)cc2Cl)ncnc1OC1CCOCC1CNC(=O)OC1(C)CC1. The van der Waals surface area contributed by atoms with Gasteiger partial charge in [-0.15, -0.1) is 0 Å². The monoisotopic (exact) mass is 501 g/mol. The molecule has 2 atom stereocenters. The van der Waals surface area contributed by atoms with E-state index < -0.39 is 6.09 Å². The number of nitrogens with zero attached hydrogens (tertiary/aromatic N) is 3. The lowest BCUT2D eigenvalue weighted by molar-refractivity contribution is -0.0257. The van der Waals surface area contributed by atoms with E-state index in [-0.39, 0.29) is 23.5 Å². The van der Waals surface area contributed by atoms with Crippen LogP contribution in [0.25, 0.3) is 0 Å². The van der Waals surface area contributed by atoms with Gasteiger partial charge in [0.1, 0.15) is 18.0 Å². The van der Waals surface area contributed by atoms with Gasteiger partial charge >= 0.3 is 6.09 Å². The summed E-state index contributed by atoms with van der Waals surface area (Å²) in [5, 5.41) is 15.4. The normalized spacial score (nSPS) is 20.3. The van der Waals surface area contributed by atoms with Crippen molar-refractivity contribution >= 4 is 29.2 Å². The first-order valence-electron chi connectivity index (χ1n) is 11.6. The first-order chi connectivity index (χ1) is 16.9. The minimum Gasteiger partial charge on any atom is -0.486 e. The van der Waals surface area contributed by atoms with E-state index in [9.17, 15) is 4.79 Å². The summed E-state index contributed by atoms with van der Waals surface area (Å²) in [6.45, 7) is 5.45. The molecule has 1 saturated carbocycles. The Bertz CT molecular complexity index is 1100. The molecule has 10 nitrogen and oxygen atoms in total. The largest absolute Gasteiger partial charge is 0.486 e. The molecule has 2 aliphatic rings. The van der Waals surface area contributed by atoms with Crippen LogP contribution in [0.3, 0.4) is 0 Å².